The maximum Gasteiger partial charge on any atom is 0.127 e. The molecule has 0 amide bonds. The average molecular weight is 420 g/mol. The quantitative estimate of drug-likeness (QED) is 0.415. The van der Waals surface area contributed by atoms with Crippen LogP contribution in [0.25, 0.3) is 0 Å². The molecule has 2 aliphatic heterocycles. The van der Waals surface area contributed by atoms with E-state index < -0.39 is 0 Å². The first-order chi connectivity index (χ1) is 14.0. The molecule has 0 aromatic carbocycles. The predicted octanol–water partition coefficient (Wildman–Crippen LogP) is 2.44. The zero-order valence-corrected chi connectivity index (χ0v) is 18.4. The molecule has 2 N–H and O–H groups in total. The van der Waals surface area contributed by atoms with Crippen molar-refractivity contribution in [2.24, 2.45) is 22.8 Å². The molecular weight excluding hydrogens is 386 g/mol. The van der Waals surface area contributed by atoms with E-state index in [-0.39, 0.29) is 5.54 Å². The molecule has 0 bridgehead atoms. The fraction of sp³-hybridized carbons (Fsp3) is 0.650. The molecular formula is C20H33N7OS. The topological polar surface area (TPSA) is 84.3 Å². The highest BCUT2D eigenvalue weighted by molar-refractivity contribution is 8.01. The van der Waals surface area contributed by atoms with Crippen LogP contribution in [-0.4, -0.2) is 71.0 Å². The second-order valence-corrected chi connectivity index (χ2v) is 9.28. The summed E-state index contributed by atoms with van der Waals surface area (Å²) in [5.41, 5.74) is 7.27. The van der Waals surface area contributed by atoms with E-state index in [0.29, 0.717) is 11.9 Å². The van der Waals surface area contributed by atoms with Gasteiger partial charge >= 0.3 is 0 Å². The number of amidine groups is 1. The van der Waals surface area contributed by atoms with Crippen molar-refractivity contribution in [2.45, 2.75) is 43.4 Å². The molecule has 29 heavy (non-hydrogen) atoms. The molecule has 8 nitrogen and oxygen atoms in total. The summed E-state index contributed by atoms with van der Waals surface area (Å²) in [6.07, 6.45) is 11.6. The molecule has 0 unspecified atom stereocenters. The van der Waals surface area contributed by atoms with E-state index in [0.717, 1.165) is 63.5 Å². The number of hydrogen-bond donors (Lipinski definition) is 1. The Morgan fingerprint density at radius 2 is 2.17 bits per heavy atom. The Labute approximate surface area is 178 Å². The lowest BCUT2D eigenvalue weighted by Crippen LogP contribution is -2.49. The van der Waals surface area contributed by atoms with Crippen molar-refractivity contribution in [2.75, 3.05) is 37.3 Å². The summed E-state index contributed by atoms with van der Waals surface area (Å²) in [7, 11) is 1.94. The Morgan fingerprint density at radius 3 is 2.79 bits per heavy atom. The Bertz CT molecular complexity index is 714. The highest BCUT2D eigenvalue weighted by Crippen LogP contribution is 2.30. The van der Waals surface area contributed by atoms with Gasteiger partial charge in [-0.2, -0.15) is 5.10 Å². The first kappa shape index (κ1) is 21.9. The third-order valence-electron chi connectivity index (χ3n) is 5.34. The number of anilines is 1. The molecule has 1 aromatic rings. The molecule has 2 fully saturated rings. The number of piperidine rings is 1. The molecule has 0 radical (unpaired) electrons. The number of aliphatic imine (C=N–C) groups is 2. The van der Waals surface area contributed by atoms with E-state index in [1.165, 1.54) is 0 Å². The highest BCUT2D eigenvalue weighted by atomic mass is 32.2. The number of likely N-dealkylation sites (tertiary alicyclic amines) is 1. The second kappa shape index (κ2) is 10.3. The summed E-state index contributed by atoms with van der Waals surface area (Å²) in [6, 6.07) is 0. The van der Waals surface area contributed by atoms with E-state index in [9.17, 15) is 0 Å². The summed E-state index contributed by atoms with van der Waals surface area (Å²) < 4.78 is 9.57. The average Bonchev–Trinajstić information content (AvgIpc) is 3.14. The molecule has 0 atom stereocenters. The van der Waals surface area contributed by atoms with E-state index in [1.54, 1.807) is 6.20 Å². The monoisotopic (exact) mass is 419 g/mol. The summed E-state index contributed by atoms with van der Waals surface area (Å²) in [6.45, 7) is 9.66. The Balaban J connectivity index is 1.74. The first-order valence-corrected chi connectivity index (χ1v) is 11.0. The van der Waals surface area contributed by atoms with Crippen LogP contribution in [0.3, 0.4) is 0 Å². The van der Waals surface area contributed by atoms with Crippen LogP contribution >= 0.6 is 11.9 Å². The van der Waals surface area contributed by atoms with Crippen molar-refractivity contribution < 1.29 is 4.74 Å². The Hall–Kier alpha value is -1.84. The zero-order valence-electron chi connectivity index (χ0n) is 17.5. The van der Waals surface area contributed by atoms with Crippen molar-refractivity contribution in [1.82, 2.24) is 14.7 Å². The van der Waals surface area contributed by atoms with Gasteiger partial charge in [0.05, 0.1) is 11.9 Å². The van der Waals surface area contributed by atoms with Crippen LogP contribution in [0.5, 0.6) is 0 Å². The molecule has 1 aromatic heterocycles. The van der Waals surface area contributed by atoms with Crippen LogP contribution in [0.4, 0.5) is 5.69 Å². The summed E-state index contributed by atoms with van der Waals surface area (Å²) in [5.74, 6) is 0.925. The standard InChI is InChI=1S/C20H33N7OS/c1-20(21)7-10-26(11-8-20)19(4-9-22-2)23-16-27(17-14-24-25(3)15-17)29-18-5-12-28-13-6-18/h4,9,14-15,18H,2,5-8,10-13,16,21H2,1,3H3/b9-4-,23-19+. The molecule has 0 saturated carbocycles. The van der Waals surface area contributed by atoms with Crippen LogP contribution in [0.2, 0.25) is 0 Å². The van der Waals surface area contributed by atoms with Crippen molar-refractivity contribution in [3.63, 3.8) is 0 Å². The second-order valence-electron chi connectivity index (χ2n) is 7.96. The van der Waals surface area contributed by atoms with E-state index >= 15 is 0 Å². The molecule has 0 aliphatic carbocycles. The lowest BCUT2D eigenvalue weighted by atomic mass is 9.91. The van der Waals surface area contributed by atoms with Gasteiger partial charge in [-0.05, 0) is 57.3 Å². The van der Waals surface area contributed by atoms with Gasteiger partial charge in [0.2, 0.25) is 0 Å². The normalized spacial score (nSPS) is 20.9. The number of nitrogens with two attached hydrogens (primary N) is 1. The first-order valence-electron chi connectivity index (χ1n) is 10.2. The molecule has 3 rings (SSSR count). The lowest BCUT2D eigenvalue weighted by Gasteiger charge is -2.38. The molecule has 0 spiro atoms. The van der Waals surface area contributed by atoms with E-state index in [1.807, 2.05) is 42.1 Å². The van der Waals surface area contributed by atoms with Crippen LogP contribution < -0.4 is 10.0 Å². The number of aryl methyl sites for hydroxylation is 1. The maximum atomic E-state index is 6.30. The van der Waals surface area contributed by atoms with Crippen LogP contribution in [0.15, 0.2) is 34.7 Å². The van der Waals surface area contributed by atoms with Crippen molar-refractivity contribution in [3.05, 3.63) is 24.7 Å². The third-order valence-corrected chi connectivity index (χ3v) is 6.69. The fourth-order valence-electron chi connectivity index (χ4n) is 3.44. The van der Waals surface area contributed by atoms with Gasteiger partial charge in [0.15, 0.2) is 0 Å². The van der Waals surface area contributed by atoms with E-state index in [4.69, 9.17) is 15.5 Å². The Morgan fingerprint density at radius 1 is 1.45 bits per heavy atom. The molecule has 9 heteroatoms. The van der Waals surface area contributed by atoms with Gasteiger partial charge in [0, 0.05) is 56.5 Å². The fourth-order valence-corrected chi connectivity index (χ4v) is 4.54. The van der Waals surface area contributed by atoms with Gasteiger partial charge in [-0.15, -0.1) is 0 Å². The largest absolute Gasteiger partial charge is 0.381 e. The minimum atomic E-state index is -0.0946. The molecule has 2 aliphatic rings. The van der Waals surface area contributed by atoms with Gasteiger partial charge in [0.25, 0.3) is 0 Å². The zero-order chi connectivity index (χ0) is 20.7. The summed E-state index contributed by atoms with van der Waals surface area (Å²) in [4.78, 5) is 11.1. The number of aromatic nitrogens is 2. The van der Waals surface area contributed by atoms with Crippen molar-refractivity contribution in [1.29, 1.82) is 0 Å². The van der Waals surface area contributed by atoms with Crippen molar-refractivity contribution >= 4 is 30.2 Å². The summed E-state index contributed by atoms with van der Waals surface area (Å²) in [5, 5.41) is 4.87. The number of rotatable bonds is 7. The van der Waals surface area contributed by atoms with Gasteiger partial charge in [-0.1, -0.05) is 0 Å². The maximum absolute atomic E-state index is 6.30. The van der Waals surface area contributed by atoms with Crippen LogP contribution in [0, 0.1) is 0 Å². The smallest absolute Gasteiger partial charge is 0.127 e. The lowest BCUT2D eigenvalue weighted by molar-refractivity contribution is 0.1000. The summed E-state index contributed by atoms with van der Waals surface area (Å²) >= 11 is 1.84. The molecule has 160 valence electrons. The van der Waals surface area contributed by atoms with Crippen LogP contribution in [-0.2, 0) is 11.8 Å². The van der Waals surface area contributed by atoms with Gasteiger partial charge < -0.3 is 15.4 Å². The van der Waals surface area contributed by atoms with Crippen molar-refractivity contribution in [3.8, 4) is 0 Å². The third kappa shape index (κ3) is 6.58. The van der Waals surface area contributed by atoms with Crippen LogP contribution in [0.1, 0.15) is 32.6 Å². The predicted molar refractivity (Wildman–Crippen MR) is 122 cm³/mol. The number of nitrogens with zero attached hydrogens (tertiary/aromatic N) is 6. The molecule has 2 saturated heterocycles. The van der Waals surface area contributed by atoms with Gasteiger partial charge in [-0.3, -0.25) is 14.0 Å². The molecule has 3 heterocycles. The highest BCUT2D eigenvalue weighted by Gasteiger charge is 2.27. The van der Waals surface area contributed by atoms with E-state index in [2.05, 4.69) is 32.9 Å². The van der Waals surface area contributed by atoms with Gasteiger partial charge in [-0.25, -0.2) is 4.99 Å². The minimum absolute atomic E-state index is 0.0946. The Kier molecular flexibility index (Phi) is 7.74. The number of hydrogen-bond acceptors (Lipinski definition) is 7. The number of ether oxygens (including phenoxy) is 1. The SMILES string of the molecule is C=N/C=C\C(=N/CN(SC1CCOCC1)c1cnn(C)c1)N1CCC(C)(N)CC1. The minimum Gasteiger partial charge on any atom is -0.381 e. The van der Waals surface area contributed by atoms with Gasteiger partial charge in [0.1, 0.15) is 12.5 Å².